The van der Waals surface area contributed by atoms with Crippen molar-refractivity contribution in [3.8, 4) is 22.6 Å². The minimum atomic E-state index is -0.658. The number of benzene rings is 3. The maximum absolute atomic E-state index is 14.3. The Bertz CT molecular complexity index is 1180. The summed E-state index contributed by atoms with van der Waals surface area (Å²) in [6, 6.07) is 19.6. The molecule has 5 heteroatoms. The molecule has 3 aromatic rings. The zero-order valence-electron chi connectivity index (χ0n) is 18.0. The second-order valence-electron chi connectivity index (χ2n) is 7.50. The Morgan fingerprint density at radius 3 is 1.78 bits per heavy atom. The van der Waals surface area contributed by atoms with Crippen LogP contribution in [0.25, 0.3) is 11.1 Å². The highest BCUT2D eigenvalue weighted by molar-refractivity contribution is 5.89. The zero-order chi connectivity index (χ0) is 23.3. The van der Waals surface area contributed by atoms with Gasteiger partial charge in [0.2, 0.25) is 0 Å². The third-order valence-electron chi connectivity index (χ3n) is 4.66. The lowest BCUT2D eigenvalue weighted by atomic mass is 10.00. The molecule has 32 heavy (non-hydrogen) atoms. The molecule has 0 aliphatic carbocycles. The van der Waals surface area contributed by atoms with Gasteiger partial charge in [0.15, 0.2) is 11.6 Å². The number of hydrogen-bond acceptors (Lipinski definition) is 4. The SMILES string of the molecule is C=C(C)C(=O)Oc1ccc(-c2ccc(Cc3ccc(OC(=O)C(=C)C)c(F)c3)cc2)cc1. The molecule has 162 valence electrons. The summed E-state index contributed by atoms with van der Waals surface area (Å²) >= 11 is 0. The molecular formula is C27H23FO4. The van der Waals surface area contributed by atoms with Crippen LogP contribution in [0.15, 0.2) is 91.0 Å². The van der Waals surface area contributed by atoms with Crippen LogP contribution in [0.5, 0.6) is 11.5 Å². The number of carbonyl (C=O) groups is 2. The van der Waals surface area contributed by atoms with Crippen LogP contribution in [0, 0.1) is 5.82 Å². The Balaban J connectivity index is 1.66. The highest BCUT2D eigenvalue weighted by atomic mass is 19.1. The molecule has 0 aliphatic rings. The van der Waals surface area contributed by atoms with Gasteiger partial charge in [-0.25, -0.2) is 14.0 Å². The van der Waals surface area contributed by atoms with Gasteiger partial charge in [0.25, 0.3) is 0 Å². The van der Waals surface area contributed by atoms with Crippen molar-refractivity contribution in [1.82, 2.24) is 0 Å². The molecule has 0 N–H and O–H groups in total. The fourth-order valence-electron chi connectivity index (χ4n) is 2.88. The number of carbonyl (C=O) groups excluding carboxylic acids is 2. The summed E-state index contributed by atoms with van der Waals surface area (Å²) in [4.78, 5) is 23.2. The predicted octanol–water partition coefficient (Wildman–Crippen LogP) is 6.05. The Kier molecular flexibility index (Phi) is 7.00. The van der Waals surface area contributed by atoms with Crippen molar-refractivity contribution in [3.63, 3.8) is 0 Å². The average molecular weight is 430 g/mol. The van der Waals surface area contributed by atoms with Crippen LogP contribution in [0.1, 0.15) is 25.0 Å². The molecule has 0 saturated heterocycles. The fraction of sp³-hybridized carbons (Fsp3) is 0.111. The number of hydrogen-bond donors (Lipinski definition) is 0. The van der Waals surface area contributed by atoms with Gasteiger partial charge in [0, 0.05) is 11.1 Å². The number of esters is 2. The molecule has 0 saturated carbocycles. The molecule has 0 atom stereocenters. The van der Waals surface area contributed by atoms with Crippen molar-refractivity contribution >= 4 is 11.9 Å². The molecule has 0 amide bonds. The Morgan fingerprint density at radius 1 is 0.750 bits per heavy atom. The monoisotopic (exact) mass is 430 g/mol. The number of ether oxygens (including phenoxy) is 2. The van der Waals surface area contributed by atoms with Gasteiger partial charge >= 0.3 is 11.9 Å². The lowest BCUT2D eigenvalue weighted by Crippen LogP contribution is -2.09. The van der Waals surface area contributed by atoms with Crippen molar-refractivity contribution < 1.29 is 23.5 Å². The molecule has 0 radical (unpaired) electrons. The van der Waals surface area contributed by atoms with Crippen molar-refractivity contribution in [3.05, 3.63) is 108 Å². The number of halogens is 1. The summed E-state index contributed by atoms with van der Waals surface area (Å²) in [5.41, 5.74) is 4.28. The molecule has 0 heterocycles. The molecule has 0 spiro atoms. The molecule has 0 bridgehead atoms. The van der Waals surface area contributed by atoms with Gasteiger partial charge in [-0.3, -0.25) is 0 Å². The maximum Gasteiger partial charge on any atom is 0.338 e. The molecular weight excluding hydrogens is 407 g/mol. The maximum atomic E-state index is 14.3. The van der Waals surface area contributed by atoms with E-state index in [9.17, 15) is 14.0 Å². The van der Waals surface area contributed by atoms with E-state index in [1.54, 1.807) is 25.1 Å². The first-order valence-corrected chi connectivity index (χ1v) is 9.96. The van der Waals surface area contributed by atoms with Gasteiger partial charge in [-0.2, -0.15) is 0 Å². The van der Waals surface area contributed by atoms with E-state index in [1.165, 1.54) is 19.1 Å². The second kappa shape index (κ2) is 9.88. The van der Waals surface area contributed by atoms with Crippen LogP contribution in [0.3, 0.4) is 0 Å². The summed E-state index contributed by atoms with van der Waals surface area (Å²) < 4.78 is 24.4. The quantitative estimate of drug-likeness (QED) is 0.260. The summed E-state index contributed by atoms with van der Waals surface area (Å²) in [7, 11) is 0. The molecule has 0 aromatic heterocycles. The van der Waals surface area contributed by atoms with Gasteiger partial charge in [-0.15, -0.1) is 0 Å². The Hall–Kier alpha value is -3.99. The fourth-order valence-corrected chi connectivity index (χ4v) is 2.88. The lowest BCUT2D eigenvalue weighted by Gasteiger charge is -2.09. The average Bonchev–Trinajstić information content (AvgIpc) is 2.76. The summed E-state index contributed by atoms with van der Waals surface area (Å²) in [5, 5.41) is 0. The van der Waals surface area contributed by atoms with E-state index in [1.807, 2.05) is 36.4 Å². The van der Waals surface area contributed by atoms with Crippen LogP contribution in [-0.2, 0) is 16.0 Å². The standard InChI is InChI=1S/C27H23FO4/c1-17(2)26(29)31-23-12-10-22(11-13-23)21-8-5-19(6-9-21)15-20-7-14-25(24(28)16-20)32-27(30)18(3)4/h5-14,16H,1,3,15H2,2,4H3. The van der Waals surface area contributed by atoms with Gasteiger partial charge < -0.3 is 9.47 Å². The zero-order valence-corrected chi connectivity index (χ0v) is 18.0. The first-order valence-electron chi connectivity index (χ1n) is 9.96. The van der Waals surface area contributed by atoms with Crippen LogP contribution in [0.4, 0.5) is 4.39 Å². The molecule has 4 nitrogen and oxygen atoms in total. The van der Waals surface area contributed by atoms with Gasteiger partial charge in [-0.05, 0) is 66.8 Å². The highest BCUT2D eigenvalue weighted by Gasteiger charge is 2.11. The van der Waals surface area contributed by atoms with E-state index in [-0.39, 0.29) is 11.3 Å². The largest absolute Gasteiger partial charge is 0.423 e. The smallest absolute Gasteiger partial charge is 0.338 e. The minimum absolute atomic E-state index is 0.116. The summed E-state index contributed by atoms with van der Waals surface area (Å²) in [6.45, 7) is 10.1. The van der Waals surface area contributed by atoms with Crippen LogP contribution in [-0.4, -0.2) is 11.9 Å². The lowest BCUT2D eigenvalue weighted by molar-refractivity contribution is -0.131. The minimum Gasteiger partial charge on any atom is -0.423 e. The van der Waals surface area contributed by atoms with Crippen LogP contribution < -0.4 is 9.47 Å². The van der Waals surface area contributed by atoms with Crippen molar-refractivity contribution in [2.24, 2.45) is 0 Å². The normalized spacial score (nSPS) is 10.3. The van der Waals surface area contributed by atoms with Crippen molar-refractivity contribution in [2.75, 3.05) is 0 Å². The molecule has 3 aromatic carbocycles. The molecule has 0 fully saturated rings. The third kappa shape index (κ3) is 5.79. The second-order valence-corrected chi connectivity index (χ2v) is 7.50. The van der Waals surface area contributed by atoms with E-state index in [0.29, 0.717) is 17.7 Å². The summed E-state index contributed by atoms with van der Waals surface area (Å²) in [5.74, 6) is -1.37. The highest BCUT2D eigenvalue weighted by Crippen LogP contribution is 2.25. The Morgan fingerprint density at radius 2 is 1.25 bits per heavy atom. The van der Waals surface area contributed by atoms with Gasteiger partial charge in [0.05, 0.1) is 0 Å². The molecule has 3 rings (SSSR count). The van der Waals surface area contributed by atoms with Crippen LogP contribution in [0.2, 0.25) is 0 Å². The van der Waals surface area contributed by atoms with E-state index >= 15 is 0 Å². The first kappa shape index (κ1) is 22.7. The van der Waals surface area contributed by atoms with Crippen molar-refractivity contribution in [1.29, 1.82) is 0 Å². The molecule has 0 unspecified atom stereocenters. The van der Waals surface area contributed by atoms with Gasteiger partial charge in [-0.1, -0.05) is 55.6 Å². The Labute approximate surface area is 186 Å². The van der Waals surface area contributed by atoms with Crippen LogP contribution >= 0.6 is 0 Å². The third-order valence-corrected chi connectivity index (χ3v) is 4.66. The van der Waals surface area contributed by atoms with E-state index in [0.717, 1.165) is 22.3 Å². The van der Waals surface area contributed by atoms with Crippen molar-refractivity contribution in [2.45, 2.75) is 20.3 Å². The first-order chi connectivity index (χ1) is 15.2. The van der Waals surface area contributed by atoms with E-state index in [4.69, 9.17) is 9.47 Å². The van der Waals surface area contributed by atoms with Gasteiger partial charge in [0.1, 0.15) is 5.75 Å². The van der Waals surface area contributed by atoms with E-state index in [2.05, 4.69) is 13.2 Å². The topological polar surface area (TPSA) is 52.6 Å². The predicted molar refractivity (Wildman–Crippen MR) is 122 cm³/mol. The summed E-state index contributed by atoms with van der Waals surface area (Å²) in [6.07, 6.45) is 0.529. The number of rotatable bonds is 7. The molecule has 0 aliphatic heterocycles. The van der Waals surface area contributed by atoms with E-state index < -0.39 is 17.8 Å².